The Morgan fingerprint density at radius 1 is 1.12 bits per heavy atom. The Bertz CT molecular complexity index is 433. The second kappa shape index (κ2) is 8.66. The van der Waals surface area contributed by atoms with E-state index in [1.54, 1.807) is 4.90 Å². The zero-order chi connectivity index (χ0) is 17.6. The number of nitrogens with one attached hydrogen (secondary N) is 1. The Hall–Kier alpha value is -1.35. The quantitative estimate of drug-likeness (QED) is 0.652. The Labute approximate surface area is 139 Å². The molecule has 1 N–H and O–H groups in total. The number of hydrogen-bond acceptors (Lipinski definition) is 4. The lowest BCUT2D eigenvalue weighted by Crippen LogP contribution is -2.51. The molecule has 1 aliphatic carbocycles. The van der Waals surface area contributed by atoms with E-state index < -0.39 is 12.8 Å². The summed E-state index contributed by atoms with van der Waals surface area (Å²) in [6, 6.07) is 0. The van der Waals surface area contributed by atoms with E-state index in [2.05, 4.69) is 15.0 Å². The van der Waals surface area contributed by atoms with Crippen LogP contribution in [0.4, 0.5) is 13.2 Å². The van der Waals surface area contributed by atoms with E-state index in [1.165, 1.54) is 0 Å². The lowest BCUT2D eigenvalue weighted by Gasteiger charge is -2.34. The summed E-state index contributed by atoms with van der Waals surface area (Å²) in [5.41, 5.74) is 0. The second-order valence-electron chi connectivity index (χ2n) is 6.24. The molecule has 2 amide bonds. The summed E-state index contributed by atoms with van der Waals surface area (Å²) in [5, 5.41) is 2.66. The molecule has 0 aromatic heterocycles. The third kappa shape index (κ3) is 7.04. The number of halogens is 3. The zero-order valence-corrected chi connectivity index (χ0v) is 13.6. The number of hydrogen-bond donors (Lipinski definition) is 1. The van der Waals surface area contributed by atoms with Crippen LogP contribution >= 0.6 is 0 Å². The van der Waals surface area contributed by atoms with Crippen LogP contribution in [0.1, 0.15) is 19.3 Å². The van der Waals surface area contributed by atoms with Gasteiger partial charge in [0.05, 0.1) is 6.54 Å². The molecule has 6 nitrogen and oxygen atoms in total. The maximum absolute atomic E-state index is 12.0. The fourth-order valence-corrected chi connectivity index (χ4v) is 2.56. The van der Waals surface area contributed by atoms with Gasteiger partial charge in [0.15, 0.2) is 0 Å². The molecule has 0 aromatic rings. The predicted octanol–water partition coefficient (Wildman–Crippen LogP) is 0.626. The van der Waals surface area contributed by atoms with Crippen molar-refractivity contribution < 1.29 is 27.5 Å². The first-order chi connectivity index (χ1) is 11.3. The van der Waals surface area contributed by atoms with Crippen molar-refractivity contribution in [1.29, 1.82) is 0 Å². The third-order valence-corrected chi connectivity index (χ3v) is 4.12. The van der Waals surface area contributed by atoms with Crippen LogP contribution in [0.5, 0.6) is 0 Å². The van der Waals surface area contributed by atoms with Crippen molar-refractivity contribution >= 4 is 11.8 Å². The number of rotatable bonds is 8. The predicted molar refractivity (Wildman–Crippen MR) is 80.2 cm³/mol. The van der Waals surface area contributed by atoms with Crippen LogP contribution in [-0.2, 0) is 14.3 Å². The lowest BCUT2D eigenvalue weighted by atomic mass is 10.3. The normalized spacial score (nSPS) is 19.4. The molecule has 1 heterocycles. The minimum atomic E-state index is -4.28. The summed E-state index contributed by atoms with van der Waals surface area (Å²) in [7, 11) is 0. The molecule has 2 rings (SSSR count). The van der Waals surface area contributed by atoms with Crippen molar-refractivity contribution in [2.45, 2.75) is 25.4 Å². The number of alkyl halides is 3. The fourth-order valence-electron chi connectivity index (χ4n) is 2.56. The zero-order valence-electron chi connectivity index (χ0n) is 13.6. The second-order valence-corrected chi connectivity index (χ2v) is 6.24. The SMILES string of the molecule is O=C(NCC(=O)N1CCN(CCCOCC(F)(F)F)CC1)C1CC1. The van der Waals surface area contributed by atoms with Crippen LogP contribution in [0.3, 0.4) is 0 Å². The molecule has 24 heavy (non-hydrogen) atoms. The number of carbonyl (C=O) groups excluding carboxylic acids is 2. The van der Waals surface area contributed by atoms with Gasteiger partial charge in [0.1, 0.15) is 6.61 Å². The molecule has 1 aliphatic heterocycles. The highest BCUT2D eigenvalue weighted by atomic mass is 19.4. The van der Waals surface area contributed by atoms with Gasteiger partial charge in [-0.15, -0.1) is 0 Å². The first kappa shape index (κ1) is 19.0. The molecule has 0 radical (unpaired) electrons. The number of ether oxygens (including phenoxy) is 1. The van der Waals surface area contributed by atoms with Crippen molar-refractivity contribution in [2.24, 2.45) is 5.92 Å². The fraction of sp³-hybridized carbons (Fsp3) is 0.867. The van der Waals surface area contributed by atoms with Gasteiger partial charge in [-0.2, -0.15) is 13.2 Å². The summed E-state index contributed by atoms with van der Waals surface area (Å²) in [6.45, 7) is 2.07. The van der Waals surface area contributed by atoms with Crippen LogP contribution in [-0.4, -0.2) is 80.3 Å². The molecule has 0 aromatic carbocycles. The van der Waals surface area contributed by atoms with Gasteiger partial charge in [0, 0.05) is 45.2 Å². The first-order valence-corrected chi connectivity index (χ1v) is 8.27. The van der Waals surface area contributed by atoms with Gasteiger partial charge in [-0.3, -0.25) is 14.5 Å². The molecule has 9 heteroatoms. The van der Waals surface area contributed by atoms with Crippen molar-refractivity contribution in [3.8, 4) is 0 Å². The number of piperazine rings is 1. The largest absolute Gasteiger partial charge is 0.411 e. The Morgan fingerprint density at radius 3 is 2.38 bits per heavy atom. The van der Waals surface area contributed by atoms with E-state index in [1.807, 2.05) is 0 Å². The molecule has 0 bridgehead atoms. The lowest BCUT2D eigenvalue weighted by molar-refractivity contribution is -0.174. The number of amides is 2. The standard InChI is InChI=1S/C15H24F3N3O3/c16-15(17,18)11-24-9-1-4-20-5-7-21(8-6-20)13(22)10-19-14(23)12-2-3-12/h12H,1-11H2,(H,19,23). The van der Waals surface area contributed by atoms with Crippen LogP contribution in [0.2, 0.25) is 0 Å². The Kier molecular flexibility index (Phi) is 6.85. The molecule has 2 aliphatic rings. The first-order valence-electron chi connectivity index (χ1n) is 8.27. The van der Waals surface area contributed by atoms with E-state index in [4.69, 9.17) is 0 Å². The number of nitrogens with zero attached hydrogens (tertiary/aromatic N) is 2. The maximum atomic E-state index is 12.0. The van der Waals surface area contributed by atoms with Gasteiger partial charge in [0.25, 0.3) is 0 Å². The summed E-state index contributed by atoms with van der Waals surface area (Å²) < 4.78 is 40.3. The smallest absolute Gasteiger partial charge is 0.372 e. The molecule has 1 saturated carbocycles. The third-order valence-electron chi connectivity index (χ3n) is 4.12. The van der Waals surface area contributed by atoms with E-state index in [-0.39, 0.29) is 30.9 Å². The van der Waals surface area contributed by atoms with E-state index in [9.17, 15) is 22.8 Å². The van der Waals surface area contributed by atoms with Gasteiger partial charge in [0.2, 0.25) is 11.8 Å². The summed E-state index contributed by atoms with van der Waals surface area (Å²) in [4.78, 5) is 27.3. The molecule has 0 unspecified atom stereocenters. The van der Waals surface area contributed by atoms with Crippen LogP contribution in [0.25, 0.3) is 0 Å². The Morgan fingerprint density at radius 2 is 1.79 bits per heavy atom. The van der Waals surface area contributed by atoms with Crippen LogP contribution in [0.15, 0.2) is 0 Å². The summed E-state index contributed by atoms with van der Waals surface area (Å²) >= 11 is 0. The van der Waals surface area contributed by atoms with E-state index in [0.29, 0.717) is 39.1 Å². The molecule has 138 valence electrons. The Balaban J connectivity index is 1.52. The molecule has 0 atom stereocenters. The highest BCUT2D eigenvalue weighted by Gasteiger charge is 2.30. The minimum Gasteiger partial charge on any atom is -0.372 e. The molecule has 1 saturated heterocycles. The van der Waals surface area contributed by atoms with Gasteiger partial charge in [-0.1, -0.05) is 0 Å². The monoisotopic (exact) mass is 351 g/mol. The van der Waals surface area contributed by atoms with Crippen molar-refractivity contribution in [2.75, 3.05) is 52.5 Å². The van der Waals surface area contributed by atoms with E-state index >= 15 is 0 Å². The van der Waals surface area contributed by atoms with E-state index in [0.717, 1.165) is 12.8 Å². The highest BCUT2D eigenvalue weighted by Crippen LogP contribution is 2.28. The molecule has 0 spiro atoms. The van der Waals surface area contributed by atoms with Gasteiger partial charge >= 0.3 is 6.18 Å². The van der Waals surface area contributed by atoms with Crippen molar-refractivity contribution in [3.05, 3.63) is 0 Å². The number of carbonyl (C=O) groups is 2. The average Bonchev–Trinajstić information content (AvgIpc) is 3.36. The van der Waals surface area contributed by atoms with Crippen molar-refractivity contribution in [1.82, 2.24) is 15.1 Å². The topological polar surface area (TPSA) is 61.9 Å². The van der Waals surface area contributed by atoms with Gasteiger partial charge in [-0.25, -0.2) is 0 Å². The average molecular weight is 351 g/mol. The molecule has 2 fully saturated rings. The molecular formula is C15H24F3N3O3. The maximum Gasteiger partial charge on any atom is 0.411 e. The summed E-state index contributed by atoms with van der Waals surface area (Å²) in [6.07, 6.45) is -1.93. The minimum absolute atomic E-state index is 0.0409. The van der Waals surface area contributed by atoms with Gasteiger partial charge < -0.3 is 15.0 Å². The van der Waals surface area contributed by atoms with Crippen LogP contribution in [0, 0.1) is 5.92 Å². The van der Waals surface area contributed by atoms with Crippen LogP contribution < -0.4 is 5.32 Å². The van der Waals surface area contributed by atoms with Crippen molar-refractivity contribution in [3.63, 3.8) is 0 Å². The highest BCUT2D eigenvalue weighted by molar-refractivity contribution is 5.86. The summed E-state index contributed by atoms with van der Waals surface area (Å²) in [5.74, 6) is -0.0350. The van der Waals surface area contributed by atoms with Gasteiger partial charge in [-0.05, 0) is 19.3 Å². The molecular weight excluding hydrogens is 327 g/mol.